The molecule has 18 heavy (non-hydrogen) atoms. The van der Waals surface area contributed by atoms with E-state index in [1.54, 1.807) is 0 Å². The van der Waals surface area contributed by atoms with Crippen molar-refractivity contribution in [2.24, 2.45) is 0 Å². The van der Waals surface area contributed by atoms with Crippen LogP contribution in [-0.2, 0) is 0 Å². The normalized spacial score (nSPS) is 10.8. The molecule has 2 heterocycles. The summed E-state index contributed by atoms with van der Waals surface area (Å²) >= 11 is 5.69. The zero-order valence-corrected chi connectivity index (χ0v) is 13.0. The van der Waals surface area contributed by atoms with Gasteiger partial charge in [0.05, 0.1) is 5.69 Å². The van der Waals surface area contributed by atoms with Gasteiger partial charge in [-0.1, -0.05) is 28.1 Å². The first-order valence-corrected chi connectivity index (χ1v) is 7.28. The van der Waals surface area contributed by atoms with Crippen LogP contribution in [0.15, 0.2) is 53.1 Å². The Balaban J connectivity index is 2.13. The topological polar surface area (TPSA) is 25.8 Å². The van der Waals surface area contributed by atoms with Crippen LogP contribution in [-0.4, -0.2) is 9.97 Å². The molecule has 0 N–H and O–H groups in total. The third-order valence-corrected chi connectivity index (χ3v) is 3.77. The van der Waals surface area contributed by atoms with Gasteiger partial charge in [-0.25, -0.2) is 9.97 Å². The van der Waals surface area contributed by atoms with E-state index in [1.165, 1.54) is 0 Å². The molecule has 3 aromatic rings. The maximum absolute atomic E-state index is 4.59. The number of halogens is 2. The lowest BCUT2D eigenvalue weighted by Crippen LogP contribution is -1.88. The number of fused-ring (bicyclic) bond motifs is 1. The van der Waals surface area contributed by atoms with E-state index in [0.717, 1.165) is 30.3 Å². The summed E-state index contributed by atoms with van der Waals surface area (Å²) in [5, 5.41) is 1.07. The molecule has 0 aliphatic heterocycles. The highest BCUT2D eigenvalue weighted by Crippen LogP contribution is 2.22. The number of nitrogens with zero attached hydrogens (tertiary/aromatic N) is 2. The van der Waals surface area contributed by atoms with Gasteiger partial charge in [0.25, 0.3) is 0 Å². The minimum atomic E-state index is 0.788. The first-order chi connectivity index (χ1) is 8.72. The summed E-state index contributed by atoms with van der Waals surface area (Å²) in [5.41, 5.74) is 2.83. The average molecular weight is 411 g/mol. The largest absolute Gasteiger partial charge is 0.236 e. The second-order valence-corrected chi connectivity index (χ2v) is 6.06. The molecule has 0 aliphatic carbocycles. The lowest BCUT2D eigenvalue weighted by molar-refractivity contribution is 1.28. The third-order valence-electron chi connectivity index (χ3n) is 2.65. The number of hydrogen-bond acceptors (Lipinski definition) is 2. The zero-order valence-electron chi connectivity index (χ0n) is 9.27. The second kappa shape index (κ2) is 4.93. The Morgan fingerprint density at radius 1 is 1.00 bits per heavy atom. The van der Waals surface area contributed by atoms with Crippen molar-refractivity contribution in [3.8, 4) is 11.3 Å². The zero-order chi connectivity index (χ0) is 12.5. The van der Waals surface area contributed by atoms with Gasteiger partial charge in [0.2, 0.25) is 0 Å². The summed E-state index contributed by atoms with van der Waals surface area (Å²) in [6, 6.07) is 14.3. The Morgan fingerprint density at radius 2 is 1.78 bits per heavy atom. The highest BCUT2D eigenvalue weighted by atomic mass is 127. The second-order valence-electron chi connectivity index (χ2n) is 3.90. The molecular weight excluding hydrogens is 403 g/mol. The van der Waals surface area contributed by atoms with Crippen LogP contribution in [0.4, 0.5) is 0 Å². The van der Waals surface area contributed by atoms with Crippen molar-refractivity contribution in [2.75, 3.05) is 0 Å². The number of benzene rings is 1. The van der Waals surface area contributed by atoms with Gasteiger partial charge in [-0.2, -0.15) is 0 Å². The van der Waals surface area contributed by atoms with Crippen LogP contribution < -0.4 is 0 Å². The predicted molar refractivity (Wildman–Crippen MR) is 85.4 cm³/mol. The average Bonchev–Trinajstić information content (AvgIpc) is 2.39. The molecule has 0 amide bonds. The van der Waals surface area contributed by atoms with Crippen LogP contribution in [0.1, 0.15) is 0 Å². The standard InChI is InChI=1S/C14H8BrIN2/c15-11-4-1-9(2-5-11)13-6-3-10-7-12(16)8-17-14(10)18-13/h1-8H. The van der Waals surface area contributed by atoms with E-state index in [-0.39, 0.29) is 0 Å². The van der Waals surface area contributed by atoms with Crippen molar-refractivity contribution >= 4 is 49.6 Å². The first-order valence-electron chi connectivity index (χ1n) is 5.41. The molecule has 88 valence electrons. The predicted octanol–water partition coefficient (Wildman–Crippen LogP) is 4.66. The summed E-state index contributed by atoms with van der Waals surface area (Å²) in [6.45, 7) is 0. The molecule has 1 aromatic carbocycles. The number of pyridine rings is 2. The number of aromatic nitrogens is 2. The lowest BCUT2D eigenvalue weighted by atomic mass is 10.1. The fraction of sp³-hybridized carbons (Fsp3) is 0. The quantitative estimate of drug-likeness (QED) is 0.545. The van der Waals surface area contributed by atoms with Crippen LogP contribution in [0.3, 0.4) is 0 Å². The molecule has 0 unspecified atom stereocenters. The van der Waals surface area contributed by atoms with E-state index in [9.17, 15) is 0 Å². The van der Waals surface area contributed by atoms with Crippen molar-refractivity contribution in [3.63, 3.8) is 0 Å². The van der Waals surface area contributed by atoms with Gasteiger partial charge >= 0.3 is 0 Å². The Kier molecular flexibility index (Phi) is 3.30. The molecule has 2 aromatic heterocycles. The smallest absolute Gasteiger partial charge is 0.159 e. The maximum atomic E-state index is 4.59. The molecule has 4 heteroatoms. The Hall–Kier alpha value is -1.01. The van der Waals surface area contributed by atoms with Crippen molar-refractivity contribution < 1.29 is 0 Å². The molecule has 3 rings (SSSR count). The molecule has 0 radical (unpaired) electrons. The van der Waals surface area contributed by atoms with Crippen LogP contribution in [0.25, 0.3) is 22.3 Å². The van der Waals surface area contributed by atoms with Gasteiger partial charge in [0, 0.05) is 25.2 Å². The lowest BCUT2D eigenvalue weighted by Gasteiger charge is -2.03. The van der Waals surface area contributed by atoms with Gasteiger partial charge in [-0.05, 0) is 52.9 Å². The minimum Gasteiger partial charge on any atom is -0.236 e. The van der Waals surface area contributed by atoms with Crippen molar-refractivity contribution in [1.29, 1.82) is 0 Å². The maximum Gasteiger partial charge on any atom is 0.159 e. The van der Waals surface area contributed by atoms with E-state index in [1.807, 2.05) is 36.5 Å². The fourth-order valence-electron chi connectivity index (χ4n) is 1.77. The van der Waals surface area contributed by atoms with Gasteiger partial charge in [0.15, 0.2) is 5.65 Å². The number of rotatable bonds is 1. The Bertz CT molecular complexity index is 711. The summed E-state index contributed by atoms with van der Waals surface area (Å²) < 4.78 is 2.19. The minimum absolute atomic E-state index is 0.788. The van der Waals surface area contributed by atoms with Crippen LogP contribution >= 0.6 is 38.5 Å². The van der Waals surface area contributed by atoms with E-state index in [4.69, 9.17) is 0 Å². The monoisotopic (exact) mass is 410 g/mol. The summed E-state index contributed by atoms with van der Waals surface area (Å²) in [5.74, 6) is 0. The number of hydrogen-bond donors (Lipinski definition) is 0. The van der Waals surface area contributed by atoms with E-state index in [2.05, 4.69) is 60.6 Å². The van der Waals surface area contributed by atoms with Gasteiger partial charge < -0.3 is 0 Å². The molecule has 0 atom stereocenters. The molecule has 0 spiro atoms. The van der Waals surface area contributed by atoms with E-state index in [0.29, 0.717) is 0 Å². The molecule has 0 fully saturated rings. The highest BCUT2D eigenvalue weighted by molar-refractivity contribution is 14.1. The van der Waals surface area contributed by atoms with Crippen molar-refractivity contribution in [1.82, 2.24) is 9.97 Å². The van der Waals surface area contributed by atoms with Crippen LogP contribution in [0, 0.1) is 3.57 Å². The summed E-state index contributed by atoms with van der Waals surface area (Å²) in [6.07, 6.45) is 1.83. The van der Waals surface area contributed by atoms with Crippen molar-refractivity contribution in [2.45, 2.75) is 0 Å². The Morgan fingerprint density at radius 3 is 2.56 bits per heavy atom. The SMILES string of the molecule is Brc1ccc(-c2ccc3cc(I)cnc3n2)cc1. The van der Waals surface area contributed by atoms with Gasteiger partial charge in [0.1, 0.15) is 0 Å². The highest BCUT2D eigenvalue weighted by Gasteiger charge is 2.02. The molecule has 0 saturated carbocycles. The van der Waals surface area contributed by atoms with Gasteiger partial charge in [-0.3, -0.25) is 0 Å². The summed E-state index contributed by atoms with van der Waals surface area (Å²) in [4.78, 5) is 8.94. The first kappa shape index (κ1) is 12.0. The van der Waals surface area contributed by atoms with Crippen LogP contribution in [0.2, 0.25) is 0 Å². The van der Waals surface area contributed by atoms with E-state index < -0.39 is 0 Å². The summed E-state index contributed by atoms with van der Waals surface area (Å²) in [7, 11) is 0. The molecular formula is C14H8BrIN2. The third kappa shape index (κ3) is 2.40. The molecule has 0 saturated heterocycles. The van der Waals surface area contributed by atoms with Gasteiger partial charge in [-0.15, -0.1) is 0 Å². The van der Waals surface area contributed by atoms with E-state index >= 15 is 0 Å². The molecule has 2 nitrogen and oxygen atoms in total. The molecule has 0 aliphatic rings. The fourth-order valence-corrected chi connectivity index (χ4v) is 2.50. The van der Waals surface area contributed by atoms with Crippen molar-refractivity contribution in [3.05, 3.63) is 56.7 Å². The van der Waals surface area contributed by atoms with Crippen LogP contribution in [0.5, 0.6) is 0 Å². The molecule has 0 bridgehead atoms. The Labute approximate surface area is 127 Å².